The molecule has 0 fully saturated rings. The predicted molar refractivity (Wildman–Crippen MR) is 73.8 cm³/mol. The molecular weight excluding hydrogens is 196 g/mol. The molecule has 0 amide bonds. The van der Waals surface area contributed by atoms with Crippen molar-refractivity contribution in [1.29, 1.82) is 0 Å². The van der Waals surface area contributed by atoms with Crippen LogP contribution in [0, 0.1) is 0 Å². The molecule has 0 spiro atoms. The van der Waals surface area contributed by atoms with Gasteiger partial charge in [-0.2, -0.15) is 0 Å². The minimum Gasteiger partial charge on any atom is -0.313 e. The zero-order valence-corrected chi connectivity index (χ0v) is 10.3. The lowest BCUT2D eigenvalue weighted by Gasteiger charge is -2.19. The number of likely N-dealkylation sites (N-methyl/N-ethyl adjacent to an activating group) is 1. The van der Waals surface area contributed by atoms with Crippen LogP contribution in [0.2, 0.25) is 0 Å². The summed E-state index contributed by atoms with van der Waals surface area (Å²) in [6.45, 7) is 9.01. The number of nitrogens with zero attached hydrogens (tertiary/aromatic N) is 1. The van der Waals surface area contributed by atoms with Crippen LogP contribution < -0.4 is 5.32 Å². The first-order valence-corrected chi connectivity index (χ1v) is 5.89. The average Bonchev–Trinajstić information content (AvgIpc) is 2.25. The van der Waals surface area contributed by atoms with Gasteiger partial charge < -0.3 is 10.2 Å². The molecule has 1 N–H and O–H groups in total. The predicted octanol–water partition coefficient (Wildman–Crippen LogP) is 2.83. The summed E-state index contributed by atoms with van der Waals surface area (Å²) < 4.78 is 0. The highest BCUT2D eigenvalue weighted by Gasteiger charge is 2.01. The van der Waals surface area contributed by atoms with E-state index in [-0.39, 0.29) is 7.43 Å². The Morgan fingerprint density at radius 1 is 1.12 bits per heavy atom. The van der Waals surface area contributed by atoms with Gasteiger partial charge in [0.2, 0.25) is 0 Å². The first-order valence-electron chi connectivity index (χ1n) is 5.89. The molecule has 0 radical (unpaired) electrons. The van der Waals surface area contributed by atoms with Crippen molar-refractivity contribution in [3.05, 3.63) is 23.3 Å². The van der Waals surface area contributed by atoms with Crippen LogP contribution in [0.3, 0.4) is 0 Å². The molecule has 0 saturated carbocycles. The minimum absolute atomic E-state index is 0. The highest BCUT2D eigenvalue weighted by Crippen LogP contribution is 2.06. The van der Waals surface area contributed by atoms with Gasteiger partial charge in [-0.05, 0) is 40.3 Å². The standard InChI is InChI=1S/C7H13N.C6H11N.CH4/c1-7-3-5-8(2)6-4-7;1-6-2-4-7-5-3-6;/h3H,4-6H2,1-2H3;2,7H,3-5H2,1H3;1H4. The quantitative estimate of drug-likeness (QED) is 0.637. The molecular formula is C14H28N2. The molecule has 0 aromatic carbocycles. The maximum Gasteiger partial charge on any atom is 0.0162 e. The van der Waals surface area contributed by atoms with Crippen molar-refractivity contribution in [2.75, 3.05) is 33.2 Å². The molecule has 2 rings (SSSR count). The fourth-order valence-electron chi connectivity index (χ4n) is 1.61. The molecule has 0 aliphatic carbocycles. The highest BCUT2D eigenvalue weighted by molar-refractivity contribution is 5.03. The number of hydrogen-bond acceptors (Lipinski definition) is 2. The summed E-state index contributed by atoms with van der Waals surface area (Å²) >= 11 is 0. The third kappa shape index (κ3) is 6.81. The fourth-order valence-corrected chi connectivity index (χ4v) is 1.61. The van der Waals surface area contributed by atoms with Crippen LogP contribution in [0.15, 0.2) is 23.3 Å². The van der Waals surface area contributed by atoms with Crippen LogP contribution >= 0.6 is 0 Å². The second-order valence-corrected chi connectivity index (χ2v) is 4.57. The third-order valence-corrected chi connectivity index (χ3v) is 2.93. The molecule has 2 aliphatic heterocycles. The molecule has 0 aromatic rings. The highest BCUT2D eigenvalue weighted by atomic mass is 15.1. The molecule has 0 bridgehead atoms. The van der Waals surface area contributed by atoms with Gasteiger partial charge in [0, 0.05) is 19.6 Å². The molecule has 2 aliphatic rings. The Bertz CT molecular complexity index is 241. The molecule has 0 atom stereocenters. The Labute approximate surface area is 101 Å². The summed E-state index contributed by atoms with van der Waals surface area (Å²) in [7, 11) is 2.16. The summed E-state index contributed by atoms with van der Waals surface area (Å²) in [4.78, 5) is 2.33. The van der Waals surface area contributed by atoms with E-state index in [0.29, 0.717) is 0 Å². The molecule has 2 nitrogen and oxygen atoms in total. The minimum atomic E-state index is 0. The Hall–Kier alpha value is -0.600. The van der Waals surface area contributed by atoms with Gasteiger partial charge in [-0.15, -0.1) is 0 Å². The van der Waals surface area contributed by atoms with Crippen molar-refractivity contribution >= 4 is 0 Å². The van der Waals surface area contributed by atoms with Gasteiger partial charge in [-0.3, -0.25) is 0 Å². The van der Waals surface area contributed by atoms with Gasteiger partial charge in [0.1, 0.15) is 0 Å². The van der Waals surface area contributed by atoms with Crippen molar-refractivity contribution in [1.82, 2.24) is 10.2 Å². The van der Waals surface area contributed by atoms with Gasteiger partial charge in [-0.25, -0.2) is 0 Å². The van der Waals surface area contributed by atoms with E-state index in [9.17, 15) is 0 Å². The molecule has 0 saturated heterocycles. The van der Waals surface area contributed by atoms with Crippen LogP contribution in [0.25, 0.3) is 0 Å². The molecule has 0 unspecified atom stereocenters. The van der Waals surface area contributed by atoms with Crippen LogP contribution in [0.4, 0.5) is 0 Å². The van der Waals surface area contributed by atoms with Gasteiger partial charge in [0.15, 0.2) is 0 Å². The van der Waals surface area contributed by atoms with E-state index in [1.165, 1.54) is 31.5 Å². The van der Waals surface area contributed by atoms with Crippen molar-refractivity contribution in [3.63, 3.8) is 0 Å². The van der Waals surface area contributed by atoms with E-state index in [1.54, 1.807) is 5.57 Å². The summed E-state index contributed by atoms with van der Waals surface area (Å²) in [6, 6.07) is 0. The van der Waals surface area contributed by atoms with Crippen molar-refractivity contribution in [2.24, 2.45) is 0 Å². The number of rotatable bonds is 0. The summed E-state index contributed by atoms with van der Waals surface area (Å²) in [5.41, 5.74) is 3.07. The van der Waals surface area contributed by atoms with Crippen LogP contribution in [0.5, 0.6) is 0 Å². The Kier molecular flexibility index (Phi) is 8.22. The lowest BCUT2D eigenvalue weighted by molar-refractivity contribution is 0.359. The second kappa shape index (κ2) is 8.54. The monoisotopic (exact) mass is 224 g/mol. The van der Waals surface area contributed by atoms with E-state index in [2.05, 4.69) is 43.3 Å². The lowest BCUT2D eigenvalue weighted by atomic mass is 10.1. The van der Waals surface area contributed by atoms with E-state index >= 15 is 0 Å². The molecule has 2 heteroatoms. The van der Waals surface area contributed by atoms with Crippen LogP contribution in [-0.4, -0.2) is 38.1 Å². The zero-order chi connectivity index (χ0) is 11.1. The Morgan fingerprint density at radius 2 is 1.81 bits per heavy atom. The van der Waals surface area contributed by atoms with E-state index in [0.717, 1.165) is 13.1 Å². The Morgan fingerprint density at radius 3 is 2.12 bits per heavy atom. The topological polar surface area (TPSA) is 15.3 Å². The van der Waals surface area contributed by atoms with Gasteiger partial charge in [-0.1, -0.05) is 30.7 Å². The molecule has 94 valence electrons. The maximum absolute atomic E-state index is 3.24. The number of hydrogen-bond donors (Lipinski definition) is 1. The maximum atomic E-state index is 3.24. The normalized spacial score (nSPS) is 20.9. The lowest BCUT2D eigenvalue weighted by Crippen LogP contribution is -2.23. The smallest absolute Gasteiger partial charge is 0.0162 e. The Balaban J connectivity index is 0.000000267. The van der Waals surface area contributed by atoms with Crippen molar-refractivity contribution < 1.29 is 0 Å². The first kappa shape index (κ1) is 15.4. The van der Waals surface area contributed by atoms with Crippen LogP contribution in [-0.2, 0) is 0 Å². The summed E-state index contributed by atoms with van der Waals surface area (Å²) in [5.74, 6) is 0. The third-order valence-electron chi connectivity index (χ3n) is 2.93. The van der Waals surface area contributed by atoms with Gasteiger partial charge in [0.25, 0.3) is 0 Å². The zero-order valence-electron chi connectivity index (χ0n) is 10.3. The fraction of sp³-hybridized carbons (Fsp3) is 0.714. The van der Waals surface area contributed by atoms with Crippen molar-refractivity contribution in [3.8, 4) is 0 Å². The van der Waals surface area contributed by atoms with E-state index in [1.807, 2.05) is 0 Å². The van der Waals surface area contributed by atoms with E-state index in [4.69, 9.17) is 0 Å². The average molecular weight is 224 g/mol. The van der Waals surface area contributed by atoms with Gasteiger partial charge in [0.05, 0.1) is 0 Å². The van der Waals surface area contributed by atoms with Crippen LogP contribution in [0.1, 0.15) is 34.1 Å². The molecule has 16 heavy (non-hydrogen) atoms. The van der Waals surface area contributed by atoms with E-state index < -0.39 is 0 Å². The molecule has 2 heterocycles. The summed E-state index contributed by atoms with van der Waals surface area (Å²) in [6.07, 6.45) is 7.03. The summed E-state index contributed by atoms with van der Waals surface area (Å²) in [5, 5.41) is 3.24. The SMILES string of the molecule is C.CC1=CCN(C)CC1.CC1=CCNCC1. The number of nitrogens with one attached hydrogen (secondary N) is 1. The molecule has 0 aromatic heterocycles. The first-order chi connectivity index (χ1) is 7.18. The van der Waals surface area contributed by atoms with Crippen molar-refractivity contribution in [2.45, 2.75) is 34.1 Å². The van der Waals surface area contributed by atoms with Gasteiger partial charge >= 0.3 is 0 Å². The second-order valence-electron chi connectivity index (χ2n) is 4.57. The largest absolute Gasteiger partial charge is 0.313 e.